The van der Waals surface area contributed by atoms with Crippen LogP contribution >= 0.6 is 61.4 Å². The van der Waals surface area contributed by atoms with Gasteiger partial charge in [0, 0.05) is 16.8 Å². The first kappa shape index (κ1) is 8.84. The Morgan fingerprint density at radius 2 is 2.11 bits per heavy atom. The first-order valence-electron chi connectivity index (χ1n) is 2.50. The van der Waals surface area contributed by atoms with Gasteiger partial charge in [-0.1, -0.05) is 0 Å². The quantitative estimate of drug-likeness (QED) is 0.376. The van der Waals surface area contributed by atoms with E-state index in [1.54, 1.807) is 11.8 Å². The Balaban J connectivity index is 2.03. The summed E-state index contributed by atoms with van der Waals surface area (Å²) in [5.41, 5.74) is 0. The zero-order chi connectivity index (χ0) is 6.91. The molecule has 1 rings (SSSR count). The highest BCUT2D eigenvalue weighted by Gasteiger charge is 2.25. The molecule has 1 heterocycles. The molecule has 1 saturated heterocycles. The number of thiol groups is 3. The lowest BCUT2D eigenvalue weighted by Crippen LogP contribution is -1.99. The Bertz CT molecular complexity index is 91.6. The number of rotatable bonds is 3. The van der Waals surface area contributed by atoms with E-state index in [0.29, 0.717) is 0 Å². The second-order valence-electron chi connectivity index (χ2n) is 1.84. The smallest absolute Gasteiger partial charge is 0.145 e. The summed E-state index contributed by atoms with van der Waals surface area (Å²) in [7, 11) is 0. The topological polar surface area (TPSA) is 0 Å². The van der Waals surface area contributed by atoms with E-state index in [1.807, 2.05) is 11.8 Å². The first-order chi connectivity index (χ1) is 4.08. The fourth-order valence-electron chi connectivity index (χ4n) is 0.369. The van der Waals surface area contributed by atoms with E-state index >= 15 is 0 Å². The normalized spacial score (nSPS) is 26.3. The summed E-state index contributed by atoms with van der Waals surface area (Å²) in [5.74, 6) is 2.43. The Kier molecular flexibility index (Phi) is 3.37. The fourth-order valence-corrected chi connectivity index (χ4v) is 2.56. The van der Waals surface area contributed by atoms with Crippen LogP contribution < -0.4 is 0 Å². The van der Waals surface area contributed by atoms with Crippen LogP contribution in [0.4, 0.5) is 0 Å². The van der Waals surface area contributed by atoms with Crippen molar-refractivity contribution < 1.29 is 0 Å². The molecule has 9 heavy (non-hydrogen) atoms. The summed E-state index contributed by atoms with van der Waals surface area (Å²) in [4.78, 5) is 0. The van der Waals surface area contributed by atoms with E-state index in [9.17, 15) is 0 Å². The van der Waals surface area contributed by atoms with Gasteiger partial charge in [-0.3, -0.25) is 0 Å². The molecule has 0 aromatic carbocycles. The molecule has 0 saturated carbocycles. The highest BCUT2D eigenvalue weighted by molar-refractivity contribution is 8.36. The molecule has 1 unspecified atom stereocenters. The minimum Gasteiger partial charge on any atom is -0.156 e. The van der Waals surface area contributed by atoms with Crippen molar-refractivity contribution in [1.82, 2.24) is 0 Å². The van der Waals surface area contributed by atoms with E-state index in [0.717, 1.165) is 11.0 Å². The maximum Gasteiger partial charge on any atom is 0.145 e. The molecule has 0 radical (unpaired) electrons. The van der Waals surface area contributed by atoms with Crippen molar-refractivity contribution in [2.75, 3.05) is 11.5 Å². The van der Waals surface area contributed by atoms with Gasteiger partial charge in [0.05, 0.1) is 0 Å². The first-order valence-corrected chi connectivity index (χ1v) is 5.88. The molecule has 0 bridgehead atoms. The highest BCUT2D eigenvalue weighted by Crippen LogP contribution is 2.42. The van der Waals surface area contributed by atoms with Crippen molar-refractivity contribution in [2.45, 2.75) is 7.99 Å². The van der Waals surface area contributed by atoms with Crippen molar-refractivity contribution in [1.29, 1.82) is 0 Å². The van der Waals surface area contributed by atoms with Crippen molar-refractivity contribution >= 4 is 61.4 Å². The number of thioether (sulfide) groups is 2. The Morgan fingerprint density at radius 3 is 2.44 bits per heavy atom. The lowest BCUT2D eigenvalue weighted by molar-refractivity contribution is 1.27. The van der Waals surface area contributed by atoms with Crippen LogP contribution in [0.3, 0.4) is 0 Å². The van der Waals surface area contributed by atoms with Crippen LogP contribution in [-0.2, 0) is 0 Å². The predicted molar refractivity (Wildman–Crippen MR) is 58.4 cm³/mol. The van der Waals surface area contributed by atoms with Gasteiger partial charge in [-0.2, -0.15) is 11.8 Å². The lowest BCUT2D eigenvalue weighted by Gasteiger charge is -2.12. The van der Waals surface area contributed by atoms with Crippen molar-refractivity contribution in [3.63, 3.8) is 0 Å². The molecule has 0 aromatic rings. The van der Waals surface area contributed by atoms with Gasteiger partial charge in [-0.25, -0.2) is 0 Å². The van der Waals surface area contributed by atoms with E-state index < -0.39 is 2.74 Å². The van der Waals surface area contributed by atoms with E-state index in [4.69, 9.17) is 0 Å². The summed E-state index contributed by atoms with van der Waals surface area (Å²) in [5, 5.41) is 0.848. The Morgan fingerprint density at radius 1 is 1.56 bits per heavy atom. The SMILES string of the molecule is SC(S)(S)SCC1CS1. The van der Waals surface area contributed by atoms with Crippen molar-refractivity contribution in [2.24, 2.45) is 0 Å². The lowest BCUT2D eigenvalue weighted by atomic mass is 10.6. The molecule has 0 aliphatic carbocycles. The van der Waals surface area contributed by atoms with E-state index in [2.05, 4.69) is 37.9 Å². The van der Waals surface area contributed by atoms with Crippen LogP contribution in [0.2, 0.25) is 0 Å². The molecule has 1 atom stereocenters. The van der Waals surface area contributed by atoms with Crippen LogP contribution in [0.1, 0.15) is 0 Å². The Hall–Kier alpha value is 1.75. The average Bonchev–Trinajstić information content (AvgIpc) is 2.38. The van der Waals surface area contributed by atoms with Crippen LogP contribution in [-0.4, -0.2) is 19.5 Å². The predicted octanol–water partition coefficient (Wildman–Crippen LogP) is 2.24. The second kappa shape index (κ2) is 3.43. The molecule has 1 aliphatic heterocycles. The van der Waals surface area contributed by atoms with Crippen LogP contribution in [0.25, 0.3) is 0 Å². The highest BCUT2D eigenvalue weighted by atomic mass is 32.3. The molecule has 0 amide bonds. The number of hydrogen-bond donors (Lipinski definition) is 3. The third-order valence-corrected chi connectivity index (χ3v) is 4.17. The summed E-state index contributed by atoms with van der Waals surface area (Å²) in [6.07, 6.45) is 0. The van der Waals surface area contributed by atoms with Gasteiger partial charge >= 0.3 is 0 Å². The molecular formula is C4H8S5. The molecule has 0 N–H and O–H groups in total. The molecular weight excluding hydrogens is 208 g/mol. The molecule has 1 aliphatic rings. The molecule has 1 fully saturated rings. The van der Waals surface area contributed by atoms with Crippen molar-refractivity contribution in [3.8, 4) is 0 Å². The minimum absolute atomic E-state index is 0.441. The standard InChI is InChI=1S/C4H8S5/c5-4(6,7)9-2-3-1-8-3/h3,5-7H,1-2H2. The Labute approximate surface area is 80.5 Å². The molecule has 0 spiro atoms. The summed E-state index contributed by atoms with van der Waals surface area (Å²) >= 11 is 16.1. The van der Waals surface area contributed by atoms with Gasteiger partial charge in [0.25, 0.3) is 0 Å². The molecule has 5 heteroatoms. The van der Waals surface area contributed by atoms with Gasteiger partial charge in [-0.15, -0.1) is 49.6 Å². The largest absolute Gasteiger partial charge is 0.156 e. The minimum atomic E-state index is -0.441. The monoisotopic (exact) mass is 216 g/mol. The summed E-state index contributed by atoms with van der Waals surface area (Å²) in [6, 6.07) is 0. The third kappa shape index (κ3) is 5.07. The number of hydrogen-bond acceptors (Lipinski definition) is 5. The van der Waals surface area contributed by atoms with E-state index in [-0.39, 0.29) is 0 Å². The van der Waals surface area contributed by atoms with Gasteiger partial charge < -0.3 is 0 Å². The van der Waals surface area contributed by atoms with Crippen LogP contribution in [0, 0.1) is 0 Å². The van der Waals surface area contributed by atoms with Gasteiger partial charge in [0.15, 0.2) is 0 Å². The second-order valence-corrected chi connectivity index (χ2v) is 8.39. The van der Waals surface area contributed by atoms with Gasteiger partial charge in [0.2, 0.25) is 0 Å². The summed E-state index contributed by atoms with van der Waals surface area (Å²) in [6.45, 7) is 0. The zero-order valence-corrected chi connectivity index (χ0v) is 8.97. The van der Waals surface area contributed by atoms with Crippen molar-refractivity contribution in [3.05, 3.63) is 0 Å². The van der Waals surface area contributed by atoms with Crippen LogP contribution in [0.15, 0.2) is 0 Å². The maximum atomic E-state index is 4.14. The van der Waals surface area contributed by atoms with E-state index in [1.165, 1.54) is 5.75 Å². The zero-order valence-electron chi connectivity index (χ0n) is 4.65. The third-order valence-electron chi connectivity index (χ3n) is 0.865. The van der Waals surface area contributed by atoms with Gasteiger partial charge in [0.1, 0.15) is 2.74 Å². The van der Waals surface area contributed by atoms with Crippen LogP contribution in [0.5, 0.6) is 0 Å². The van der Waals surface area contributed by atoms with Gasteiger partial charge in [-0.05, 0) is 0 Å². The molecule has 0 aromatic heterocycles. The maximum absolute atomic E-state index is 4.14. The molecule has 0 nitrogen and oxygen atoms in total. The fraction of sp³-hybridized carbons (Fsp3) is 1.00. The summed E-state index contributed by atoms with van der Waals surface area (Å²) < 4.78 is -0.441. The molecule has 54 valence electrons. The average molecular weight is 216 g/mol.